The Morgan fingerprint density at radius 3 is 2.32 bits per heavy atom. The van der Waals surface area contributed by atoms with E-state index in [1.165, 1.54) is 17.5 Å². The molecule has 0 aromatic heterocycles. The van der Waals surface area contributed by atoms with Crippen LogP contribution in [-0.2, 0) is 5.41 Å². The zero-order valence-electron chi connectivity index (χ0n) is 13.5. The number of nitrogens with one attached hydrogen (secondary N) is 1. The van der Waals surface area contributed by atoms with Crippen molar-refractivity contribution in [3.63, 3.8) is 0 Å². The summed E-state index contributed by atoms with van der Waals surface area (Å²) in [5.41, 5.74) is 2.66. The third-order valence-corrected chi connectivity index (χ3v) is 4.72. The molecule has 2 nitrogen and oxygen atoms in total. The van der Waals surface area contributed by atoms with Gasteiger partial charge in [-0.25, -0.2) is 0 Å². The van der Waals surface area contributed by atoms with Crippen molar-refractivity contribution in [2.45, 2.75) is 25.7 Å². The van der Waals surface area contributed by atoms with Crippen LogP contribution in [0.15, 0.2) is 54.6 Å². The molecule has 2 aromatic rings. The molecule has 0 unspecified atom stereocenters. The lowest BCUT2D eigenvalue weighted by Crippen LogP contribution is -2.19. The van der Waals surface area contributed by atoms with E-state index in [2.05, 4.69) is 73.8 Å². The maximum absolute atomic E-state index is 5.92. The summed E-state index contributed by atoms with van der Waals surface area (Å²) in [6, 6.07) is 19.2. The largest absolute Gasteiger partial charge is 0.493 e. The van der Waals surface area contributed by atoms with Crippen LogP contribution in [-0.4, -0.2) is 19.7 Å². The van der Waals surface area contributed by atoms with Gasteiger partial charge in [0, 0.05) is 17.9 Å². The smallest absolute Gasteiger partial charge is 0.119 e. The summed E-state index contributed by atoms with van der Waals surface area (Å²) in [6.45, 7) is 7.55. The van der Waals surface area contributed by atoms with Crippen molar-refractivity contribution in [1.29, 1.82) is 0 Å². The van der Waals surface area contributed by atoms with Crippen LogP contribution in [0.3, 0.4) is 0 Å². The van der Waals surface area contributed by atoms with E-state index in [1.54, 1.807) is 0 Å². The van der Waals surface area contributed by atoms with Gasteiger partial charge in [-0.1, -0.05) is 56.3 Å². The van der Waals surface area contributed by atoms with Crippen molar-refractivity contribution in [2.75, 3.05) is 19.7 Å². The van der Waals surface area contributed by atoms with E-state index in [9.17, 15) is 0 Å². The van der Waals surface area contributed by atoms with Gasteiger partial charge in [0.05, 0.1) is 6.61 Å². The van der Waals surface area contributed by atoms with Crippen molar-refractivity contribution >= 4 is 0 Å². The Hall–Kier alpha value is -1.80. The quantitative estimate of drug-likeness (QED) is 0.900. The first-order valence-corrected chi connectivity index (χ1v) is 8.16. The third kappa shape index (κ3) is 3.33. The molecule has 0 saturated carbocycles. The fraction of sp³-hybridized carbons (Fsp3) is 0.400. The van der Waals surface area contributed by atoms with Crippen LogP contribution >= 0.6 is 0 Å². The Morgan fingerprint density at radius 2 is 1.68 bits per heavy atom. The Labute approximate surface area is 133 Å². The molecule has 1 saturated heterocycles. The van der Waals surface area contributed by atoms with E-state index in [0.29, 0.717) is 5.92 Å². The van der Waals surface area contributed by atoms with Crippen LogP contribution in [0.5, 0.6) is 5.75 Å². The summed E-state index contributed by atoms with van der Waals surface area (Å²) in [4.78, 5) is 0. The second-order valence-corrected chi connectivity index (χ2v) is 6.69. The Balaban J connectivity index is 1.68. The predicted molar refractivity (Wildman–Crippen MR) is 91.5 cm³/mol. The van der Waals surface area contributed by atoms with Gasteiger partial charge in [-0.3, -0.25) is 0 Å². The summed E-state index contributed by atoms with van der Waals surface area (Å²) in [5, 5.41) is 3.38. The van der Waals surface area contributed by atoms with Gasteiger partial charge >= 0.3 is 0 Å². The molecule has 1 aliphatic rings. The van der Waals surface area contributed by atoms with E-state index in [-0.39, 0.29) is 5.41 Å². The molecule has 2 aromatic carbocycles. The molecule has 1 atom stereocenters. The molecule has 3 rings (SSSR count). The lowest BCUT2D eigenvalue weighted by Gasteiger charge is -2.26. The average molecular weight is 295 g/mol. The standard InChI is InChI=1S/C20H25NO/c1-20(2,17-6-4-3-5-7-17)18-8-10-19(11-9-18)22-15-16-12-13-21-14-16/h3-11,16,21H,12-15H2,1-2H3/t16-/m1/s1. The fourth-order valence-electron chi connectivity index (χ4n) is 3.06. The topological polar surface area (TPSA) is 21.3 Å². The van der Waals surface area contributed by atoms with Gasteiger partial charge in [-0.15, -0.1) is 0 Å². The molecule has 2 heteroatoms. The molecule has 22 heavy (non-hydrogen) atoms. The molecular formula is C20H25NO. The monoisotopic (exact) mass is 295 g/mol. The van der Waals surface area contributed by atoms with Crippen molar-refractivity contribution in [2.24, 2.45) is 5.92 Å². The maximum Gasteiger partial charge on any atom is 0.119 e. The van der Waals surface area contributed by atoms with Crippen LogP contribution < -0.4 is 10.1 Å². The summed E-state index contributed by atoms with van der Waals surface area (Å²) >= 11 is 0. The van der Waals surface area contributed by atoms with E-state index >= 15 is 0 Å². The second kappa shape index (κ2) is 6.53. The van der Waals surface area contributed by atoms with Gasteiger partial charge in [0.25, 0.3) is 0 Å². The lowest BCUT2D eigenvalue weighted by molar-refractivity contribution is 0.260. The normalized spacial score (nSPS) is 18.4. The molecule has 0 bridgehead atoms. The number of rotatable bonds is 5. The molecule has 0 amide bonds. The number of hydrogen-bond acceptors (Lipinski definition) is 2. The highest BCUT2D eigenvalue weighted by Crippen LogP contribution is 2.32. The van der Waals surface area contributed by atoms with Gasteiger partial charge in [0.2, 0.25) is 0 Å². The highest BCUT2D eigenvalue weighted by molar-refractivity contribution is 5.39. The zero-order valence-corrected chi connectivity index (χ0v) is 13.5. The molecule has 0 aliphatic carbocycles. The van der Waals surface area contributed by atoms with Crippen LogP contribution in [0.2, 0.25) is 0 Å². The molecule has 0 radical (unpaired) electrons. The minimum Gasteiger partial charge on any atom is -0.493 e. The van der Waals surface area contributed by atoms with Crippen LogP contribution in [0.1, 0.15) is 31.4 Å². The Bertz CT molecular complexity index is 583. The molecule has 1 heterocycles. The first-order valence-electron chi connectivity index (χ1n) is 8.16. The highest BCUT2D eigenvalue weighted by atomic mass is 16.5. The van der Waals surface area contributed by atoms with Crippen molar-refractivity contribution in [3.8, 4) is 5.75 Å². The van der Waals surface area contributed by atoms with Crippen LogP contribution in [0.4, 0.5) is 0 Å². The van der Waals surface area contributed by atoms with E-state index in [4.69, 9.17) is 4.74 Å². The van der Waals surface area contributed by atoms with Crippen LogP contribution in [0, 0.1) is 5.92 Å². The molecule has 1 aliphatic heterocycles. The molecule has 116 valence electrons. The number of hydrogen-bond donors (Lipinski definition) is 1. The summed E-state index contributed by atoms with van der Waals surface area (Å²) in [5.74, 6) is 1.62. The fourth-order valence-corrected chi connectivity index (χ4v) is 3.06. The van der Waals surface area contributed by atoms with Crippen molar-refractivity contribution < 1.29 is 4.74 Å². The van der Waals surface area contributed by atoms with Gasteiger partial charge in [0.1, 0.15) is 5.75 Å². The average Bonchev–Trinajstić information content (AvgIpc) is 3.08. The molecule has 0 spiro atoms. The predicted octanol–water partition coefficient (Wildman–Crippen LogP) is 4.00. The van der Waals surface area contributed by atoms with E-state index < -0.39 is 0 Å². The first kappa shape index (κ1) is 15.1. The Kier molecular flexibility index (Phi) is 4.49. The second-order valence-electron chi connectivity index (χ2n) is 6.69. The molecule has 1 N–H and O–H groups in total. The number of ether oxygens (including phenoxy) is 1. The van der Waals surface area contributed by atoms with E-state index in [1.807, 2.05) is 0 Å². The lowest BCUT2D eigenvalue weighted by atomic mass is 9.78. The summed E-state index contributed by atoms with van der Waals surface area (Å²) < 4.78 is 5.92. The zero-order chi connectivity index (χ0) is 15.4. The minimum absolute atomic E-state index is 0.00909. The van der Waals surface area contributed by atoms with Gasteiger partial charge in [-0.2, -0.15) is 0 Å². The minimum atomic E-state index is 0.00909. The summed E-state index contributed by atoms with van der Waals surface area (Å²) in [7, 11) is 0. The Morgan fingerprint density at radius 1 is 1.00 bits per heavy atom. The first-order chi connectivity index (χ1) is 10.7. The highest BCUT2D eigenvalue weighted by Gasteiger charge is 2.22. The van der Waals surface area contributed by atoms with Gasteiger partial charge in [0.15, 0.2) is 0 Å². The third-order valence-electron chi connectivity index (χ3n) is 4.72. The van der Waals surface area contributed by atoms with Crippen LogP contribution in [0.25, 0.3) is 0 Å². The van der Waals surface area contributed by atoms with Crippen molar-refractivity contribution in [1.82, 2.24) is 5.32 Å². The number of benzene rings is 2. The SMILES string of the molecule is CC(C)(c1ccccc1)c1ccc(OC[C@@H]2CCNC2)cc1. The molecular weight excluding hydrogens is 270 g/mol. The summed E-state index contributed by atoms with van der Waals surface area (Å²) in [6.07, 6.45) is 1.22. The van der Waals surface area contributed by atoms with E-state index in [0.717, 1.165) is 25.4 Å². The van der Waals surface area contributed by atoms with Gasteiger partial charge in [-0.05, 0) is 36.2 Å². The van der Waals surface area contributed by atoms with Crippen molar-refractivity contribution in [3.05, 3.63) is 65.7 Å². The maximum atomic E-state index is 5.92. The molecule has 1 fully saturated rings. The van der Waals surface area contributed by atoms with Gasteiger partial charge < -0.3 is 10.1 Å².